The molecular weight excluding hydrogens is 388 g/mol. The van der Waals surface area contributed by atoms with Crippen molar-refractivity contribution in [3.8, 4) is 22.6 Å². The summed E-state index contributed by atoms with van der Waals surface area (Å²) in [6.45, 7) is 9.51. The van der Waals surface area contributed by atoms with Crippen LogP contribution in [0.4, 0.5) is 0 Å². The Morgan fingerprint density at radius 2 is 1.23 bits per heavy atom. The molecule has 0 N–H and O–H groups in total. The molecule has 160 valence electrons. The molecule has 4 heteroatoms. The highest BCUT2D eigenvalue weighted by molar-refractivity contribution is 5.91. The van der Waals surface area contributed by atoms with E-state index in [1.165, 1.54) is 0 Å². The summed E-state index contributed by atoms with van der Waals surface area (Å²) in [5.74, 6) is 0.814. The average molecular weight is 417 g/mol. The van der Waals surface area contributed by atoms with Crippen molar-refractivity contribution in [2.75, 3.05) is 0 Å². The van der Waals surface area contributed by atoms with Gasteiger partial charge in [-0.25, -0.2) is 4.79 Å². The number of aldehydes is 1. The Morgan fingerprint density at radius 1 is 0.742 bits per heavy atom. The Kier molecular flexibility index (Phi) is 6.30. The Hall–Kier alpha value is -3.40. The SMILES string of the molecule is Cc1ccc(C(=O)Oc2ccc(-c3ccc(OC(C)(C)C(C)(C)C=O)cc3)cc2)cc1. The second kappa shape index (κ2) is 8.76. The van der Waals surface area contributed by atoms with Crippen LogP contribution in [0.5, 0.6) is 11.5 Å². The molecule has 0 fully saturated rings. The van der Waals surface area contributed by atoms with Gasteiger partial charge in [0.2, 0.25) is 0 Å². The first-order valence-corrected chi connectivity index (χ1v) is 10.3. The third-order valence-electron chi connectivity index (χ3n) is 5.76. The first kappa shape index (κ1) is 22.3. The molecule has 0 bridgehead atoms. The summed E-state index contributed by atoms with van der Waals surface area (Å²) >= 11 is 0. The van der Waals surface area contributed by atoms with Gasteiger partial charge in [0.15, 0.2) is 0 Å². The van der Waals surface area contributed by atoms with Gasteiger partial charge in [0.05, 0.1) is 11.0 Å². The molecule has 0 radical (unpaired) electrons. The van der Waals surface area contributed by atoms with Gasteiger partial charge in [-0.3, -0.25) is 0 Å². The summed E-state index contributed by atoms with van der Waals surface area (Å²) in [7, 11) is 0. The molecule has 3 aromatic carbocycles. The lowest BCUT2D eigenvalue weighted by atomic mass is 9.78. The highest BCUT2D eigenvalue weighted by Crippen LogP contribution is 2.34. The minimum absolute atomic E-state index is 0.380. The zero-order valence-corrected chi connectivity index (χ0v) is 18.6. The monoisotopic (exact) mass is 416 g/mol. The molecule has 0 atom stereocenters. The van der Waals surface area contributed by atoms with Crippen molar-refractivity contribution < 1.29 is 19.1 Å². The van der Waals surface area contributed by atoms with E-state index in [4.69, 9.17) is 9.47 Å². The molecule has 3 rings (SSSR count). The van der Waals surface area contributed by atoms with Crippen LogP contribution >= 0.6 is 0 Å². The van der Waals surface area contributed by atoms with E-state index >= 15 is 0 Å². The second-order valence-electron chi connectivity index (χ2n) is 8.76. The van der Waals surface area contributed by atoms with Crippen LogP contribution in [0.15, 0.2) is 72.8 Å². The van der Waals surface area contributed by atoms with Crippen LogP contribution in [0, 0.1) is 12.3 Å². The quantitative estimate of drug-likeness (QED) is 0.259. The maximum absolute atomic E-state index is 12.3. The van der Waals surface area contributed by atoms with Gasteiger partial charge in [-0.1, -0.05) is 42.0 Å². The highest BCUT2D eigenvalue weighted by Gasteiger charge is 2.39. The van der Waals surface area contributed by atoms with Gasteiger partial charge in [0.25, 0.3) is 0 Å². The number of hydrogen-bond acceptors (Lipinski definition) is 4. The number of aryl methyl sites for hydroxylation is 1. The number of ether oxygens (including phenoxy) is 2. The maximum atomic E-state index is 12.3. The van der Waals surface area contributed by atoms with Gasteiger partial charge in [-0.2, -0.15) is 0 Å². The molecule has 0 aliphatic rings. The van der Waals surface area contributed by atoms with Crippen molar-refractivity contribution >= 4 is 12.3 Å². The summed E-state index contributed by atoms with van der Waals surface area (Å²) in [6, 6.07) is 22.4. The van der Waals surface area contributed by atoms with E-state index in [-0.39, 0.29) is 5.97 Å². The van der Waals surface area contributed by atoms with Crippen LogP contribution < -0.4 is 9.47 Å². The Bertz CT molecular complexity index is 1040. The molecule has 0 heterocycles. The largest absolute Gasteiger partial charge is 0.487 e. The Morgan fingerprint density at radius 3 is 1.71 bits per heavy atom. The van der Waals surface area contributed by atoms with Crippen molar-refractivity contribution in [3.63, 3.8) is 0 Å². The van der Waals surface area contributed by atoms with Gasteiger partial charge >= 0.3 is 5.97 Å². The predicted octanol–water partition coefficient (Wildman–Crippen LogP) is 6.26. The van der Waals surface area contributed by atoms with E-state index in [9.17, 15) is 9.59 Å². The van der Waals surface area contributed by atoms with Gasteiger partial charge in [-0.05, 0) is 82.1 Å². The lowest BCUT2D eigenvalue weighted by molar-refractivity contribution is -0.124. The lowest BCUT2D eigenvalue weighted by Crippen LogP contribution is -2.45. The smallest absolute Gasteiger partial charge is 0.343 e. The summed E-state index contributed by atoms with van der Waals surface area (Å²) in [5, 5.41) is 0. The van der Waals surface area contributed by atoms with E-state index in [1.807, 2.05) is 83.1 Å². The average Bonchev–Trinajstić information content (AvgIpc) is 2.75. The van der Waals surface area contributed by atoms with Crippen LogP contribution in [0.1, 0.15) is 43.6 Å². The minimum Gasteiger partial charge on any atom is -0.487 e. The third-order valence-corrected chi connectivity index (χ3v) is 5.76. The number of carbonyl (C=O) groups excluding carboxylic acids is 2. The number of esters is 1. The Balaban J connectivity index is 1.68. The molecule has 3 aromatic rings. The van der Waals surface area contributed by atoms with Crippen molar-refractivity contribution in [2.45, 2.75) is 40.2 Å². The maximum Gasteiger partial charge on any atom is 0.343 e. The molecule has 0 spiro atoms. The van der Waals surface area contributed by atoms with E-state index < -0.39 is 11.0 Å². The first-order valence-electron chi connectivity index (χ1n) is 10.3. The zero-order chi connectivity index (χ0) is 22.6. The van der Waals surface area contributed by atoms with Crippen LogP contribution in [0.25, 0.3) is 11.1 Å². The molecule has 0 aromatic heterocycles. The predicted molar refractivity (Wildman–Crippen MR) is 123 cm³/mol. The lowest BCUT2D eigenvalue weighted by Gasteiger charge is -2.37. The molecule has 31 heavy (non-hydrogen) atoms. The van der Waals surface area contributed by atoms with Gasteiger partial charge in [-0.15, -0.1) is 0 Å². The third kappa shape index (κ3) is 5.21. The highest BCUT2D eigenvalue weighted by atomic mass is 16.5. The minimum atomic E-state index is -0.640. The number of hydrogen-bond donors (Lipinski definition) is 0. The van der Waals surface area contributed by atoms with E-state index in [0.29, 0.717) is 17.1 Å². The normalized spacial score (nSPS) is 11.6. The molecule has 4 nitrogen and oxygen atoms in total. The fourth-order valence-electron chi connectivity index (χ4n) is 2.85. The van der Waals surface area contributed by atoms with Crippen molar-refractivity contribution in [3.05, 3.63) is 83.9 Å². The van der Waals surface area contributed by atoms with Crippen LogP contribution in [0.2, 0.25) is 0 Å². The topological polar surface area (TPSA) is 52.6 Å². The Labute approximate surface area is 183 Å². The van der Waals surface area contributed by atoms with Crippen molar-refractivity contribution in [1.82, 2.24) is 0 Å². The fraction of sp³-hybridized carbons (Fsp3) is 0.259. The van der Waals surface area contributed by atoms with Gasteiger partial charge in [0.1, 0.15) is 23.4 Å². The van der Waals surface area contributed by atoms with E-state index in [0.717, 1.165) is 23.0 Å². The van der Waals surface area contributed by atoms with Crippen LogP contribution in [0.3, 0.4) is 0 Å². The van der Waals surface area contributed by atoms with E-state index in [2.05, 4.69) is 0 Å². The van der Waals surface area contributed by atoms with Crippen molar-refractivity contribution in [2.24, 2.45) is 5.41 Å². The summed E-state index contributed by atoms with van der Waals surface area (Å²) < 4.78 is 11.5. The molecule has 0 saturated heterocycles. The second-order valence-corrected chi connectivity index (χ2v) is 8.76. The van der Waals surface area contributed by atoms with Crippen LogP contribution in [-0.2, 0) is 4.79 Å². The summed E-state index contributed by atoms with van der Waals surface area (Å²) in [4.78, 5) is 23.6. The number of benzene rings is 3. The van der Waals surface area contributed by atoms with Gasteiger partial charge in [0, 0.05) is 0 Å². The summed E-state index contributed by atoms with van der Waals surface area (Å²) in [5.41, 5.74) is 2.36. The number of rotatable bonds is 7. The zero-order valence-electron chi connectivity index (χ0n) is 18.6. The molecule has 0 unspecified atom stereocenters. The summed E-state index contributed by atoms with van der Waals surface area (Å²) in [6.07, 6.45) is 0.925. The molecule has 0 saturated carbocycles. The fourth-order valence-corrected chi connectivity index (χ4v) is 2.85. The molecule has 0 aliphatic carbocycles. The van der Waals surface area contributed by atoms with Crippen molar-refractivity contribution in [1.29, 1.82) is 0 Å². The van der Waals surface area contributed by atoms with Crippen LogP contribution in [-0.4, -0.2) is 17.9 Å². The molecule has 0 aliphatic heterocycles. The first-order chi connectivity index (χ1) is 14.6. The standard InChI is InChI=1S/C27H28O4/c1-19-6-8-22(9-7-19)25(29)30-23-14-10-20(11-15-23)21-12-16-24(17-13-21)31-27(4,5)26(2,3)18-28/h6-18H,1-5H3. The van der Waals surface area contributed by atoms with E-state index in [1.54, 1.807) is 24.3 Å². The number of carbonyl (C=O) groups is 2. The van der Waals surface area contributed by atoms with Gasteiger partial charge < -0.3 is 14.3 Å². The molecule has 0 amide bonds. The molecular formula is C27H28O4.